The zero-order chi connectivity index (χ0) is 15.2. The summed E-state index contributed by atoms with van der Waals surface area (Å²) >= 11 is 0. The SMILES string of the molecule is CC(C)C1CCCCC1NC(=O)CC(C)C1CCCNC1. The normalized spacial score (nSPS) is 31.9. The highest BCUT2D eigenvalue weighted by atomic mass is 16.1. The van der Waals surface area contributed by atoms with E-state index in [0.717, 1.165) is 13.1 Å². The summed E-state index contributed by atoms with van der Waals surface area (Å²) in [6.07, 6.45) is 8.30. The van der Waals surface area contributed by atoms with Crippen LogP contribution in [0.25, 0.3) is 0 Å². The van der Waals surface area contributed by atoms with Gasteiger partial charge in [0.05, 0.1) is 0 Å². The van der Waals surface area contributed by atoms with Crippen LogP contribution in [0.1, 0.15) is 65.7 Å². The van der Waals surface area contributed by atoms with Gasteiger partial charge in [-0.15, -0.1) is 0 Å². The first-order chi connectivity index (χ1) is 10.1. The van der Waals surface area contributed by atoms with E-state index in [4.69, 9.17) is 0 Å². The van der Waals surface area contributed by atoms with Gasteiger partial charge in [0.25, 0.3) is 0 Å². The van der Waals surface area contributed by atoms with E-state index in [9.17, 15) is 4.79 Å². The van der Waals surface area contributed by atoms with Gasteiger partial charge < -0.3 is 10.6 Å². The Morgan fingerprint density at radius 1 is 1.14 bits per heavy atom. The van der Waals surface area contributed by atoms with Gasteiger partial charge in [0, 0.05) is 12.5 Å². The molecule has 0 bridgehead atoms. The Hall–Kier alpha value is -0.570. The minimum atomic E-state index is 0.283. The van der Waals surface area contributed by atoms with E-state index < -0.39 is 0 Å². The Labute approximate surface area is 130 Å². The Kier molecular flexibility index (Phi) is 6.53. The molecule has 0 spiro atoms. The summed E-state index contributed by atoms with van der Waals surface area (Å²) in [6, 6.07) is 0.419. The highest BCUT2D eigenvalue weighted by molar-refractivity contribution is 5.76. The topological polar surface area (TPSA) is 41.1 Å². The highest BCUT2D eigenvalue weighted by Crippen LogP contribution is 2.30. The van der Waals surface area contributed by atoms with Crippen LogP contribution in [0.15, 0.2) is 0 Å². The first kappa shape index (κ1) is 16.8. The molecule has 2 rings (SSSR count). The molecule has 21 heavy (non-hydrogen) atoms. The molecule has 2 N–H and O–H groups in total. The van der Waals surface area contributed by atoms with E-state index >= 15 is 0 Å². The maximum Gasteiger partial charge on any atom is 0.220 e. The molecule has 1 saturated heterocycles. The minimum Gasteiger partial charge on any atom is -0.353 e. The molecular weight excluding hydrogens is 260 g/mol. The Morgan fingerprint density at radius 2 is 1.90 bits per heavy atom. The highest BCUT2D eigenvalue weighted by Gasteiger charge is 2.29. The van der Waals surface area contributed by atoms with E-state index in [-0.39, 0.29) is 5.91 Å². The second kappa shape index (κ2) is 8.17. The molecule has 1 heterocycles. The number of amides is 1. The predicted octanol–water partition coefficient (Wildman–Crippen LogP) is 3.34. The Bertz CT molecular complexity index is 323. The number of nitrogens with one attached hydrogen (secondary N) is 2. The molecule has 0 aromatic heterocycles. The fourth-order valence-corrected chi connectivity index (χ4v) is 4.23. The first-order valence-corrected chi connectivity index (χ1v) is 9.08. The van der Waals surface area contributed by atoms with Crippen molar-refractivity contribution >= 4 is 5.91 Å². The predicted molar refractivity (Wildman–Crippen MR) is 88.1 cm³/mol. The van der Waals surface area contributed by atoms with E-state index in [1.54, 1.807) is 0 Å². The molecule has 4 unspecified atom stereocenters. The van der Waals surface area contributed by atoms with Gasteiger partial charge in [-0.3, -0.25) is 4.79 Å². The second-order valence-electron chi connectivity index (χ2n) is 7.65. The van der Waals surface area contributed by atoms with Gasteiger partial charge in [0.1, 0.15) is 0 Å². The molecule has 4 atom stereocenters. The molecular formula is C18H34N2O. The number of hydrogen-bond donors (Lipinski definition) is 2. The maximum absolute atomic E-state index is 12.4. The van der Waals surface area contributed by atoms with Gasteiger partial charge in [-0.2, -0.15) is 0 Å². The first-order valence-electron chi connectivity index (χ1n) is 9.08. The molecule has 1 saturated carbocycles. The van der Waals surface area contributed by atoms with E-state index in [2.05, 4.69) is 31.4 Å². The molecule has 2 aliphatic rings. The lowest BCUT2D eigenvalue weighted by Crippen LogP contribution is -2.45. The summed E-state index contributed by atoms with van der Waals surface area (Å²) in [5, 5.41) is 6.82. The van der Waals surface area contributed by atoms with Crippen molar-refractivity contribution in [3.63, 3.8) is 0 Å². The lowest BCUT2D eigenvalue weighted by molar-refractivity contribution is -0.123. The van der Waals surface area contributed by atoms with Crippen LogP contribution in [0.4, 0.5) is 0 Å². The van der Waals surface area contributed by atoms with Gasteiger partial charge in [-0.1, -0.05) is 33.6 Å². The zero-order valence-electron chi connectivity index (χ0n) is 14.2. The lowest BCUT2D eigenvalue weighted by Gasteiger charge is -2.35. The lowest BCUT2D eigenvalue weighted by atomic mass is 9.77. The molecule has 2 fully saturated rings. The van der Waals surface area contributed by atoms with Crippen molar-refractivity contribution in [1.82, 2.24) is 10.6 Å². The van der Waals surface area contributed by atoms with E-state index in [1.165, 1.54) is 38.5 Å². The Morgan fingerprint density at radius 3 is 2.57 bits per heavy atom. The van der Waals surface area contributed by atoms with Gasteiger partial charge in [0.15, 0.2) is 0 Å². The quantitative estimate of drug-likeness (QED) is 0.816. The minimum absolute atomic E-state index is 0.283. The number of carbonyl (C=O) groups is 1. The molecule has 0 radical (unpaired) electrons. The molecule has 1 amide bonds. The fraction of sp³-hybridized carbons (Fsp3) is 0.944. The van der Waals surface area contributed by atoms with E-state index in [1.807, 2.05) is 0 Å². The molecule has 0 aromatic carbocycles. The van der Waals surface area contributed by atoms with Crippen LogP contribution < -0.4 is 10.6 Å². The van der Waals surface area contributed by atoms with Gasteiger partial charge >= 0.3 is 0 Å². The van der Waals surface area contributed by atoms with Crippen LogP contribution in [-0.2, 0) is 4.79 Å². The largest absolute Gasteiger partial charge is 0.353 e. The van der Waals surface area contributed by atoms with Crippen LogP contribution in [0.2, 0.25) is 0 Å². The number of piperidine rings is 1. The van der Waals surface area contributed by atoms with Gasteiger partial charge in [-0.05, 0) is 62.4 Å². The number of carbonyl (C=O) groups excluding carboxylic acids is 1. The van der Waals surface area contributed by atoms with Crippen molar-refractivity contribution in [2.75, 3.05) is 13.1 Å². The Balaban J connectivity index is 1.79. The number of rotatable bonds is 5. The molecule has 1 aliphatic carbocycles. The summed E-state index contributed by atoms with van der Waals surface area (Å²) in [6.45, 7) is 9.08. The van der Waals surface area contributed by atoms with Crippen molar-refractivity contribution in [1.29, 1.82) is 0 Å². The second-order valence-corrected chi connectivity index (χ2v) is 7.65. The average molecular weight is 294 g/mol. The average Bonchev–Trinajstić information content (AvgIpc) is 2.48. The summed E-state index contributed by atoms with van der Waals surface area (Å²) in [5.41, 5.74) is 0. The summed E-state index contributed by atoms with van der Waals surface area (Å²) in [4.78, 5) is 12.4. The molecule has 0 aromatic rings. The summed E-state index contributed by atoms with van der Waals surface area (Å²) in [5.74, 6) is 2.81. The smallest absolute Gasteiger partial charge is 0.220 e. The standard InChI is InChI=1S/C18H34N2O/c1-13(2)16-8-4-5-9-17(16)20-18(21)11-14(3)15-7-6-10-19-12-15/h13-17,19H,4-12H2,1-3H3,(H,20,21). The van der Waals surface area contributed by atoms with Crippen LogP contribution in [-0.4, -0.2) is 25.0 Å². The van der Waals surface area contributed by atoms with Gasteiger partial charge in [-0.25, -0.2) is 0 Å². The van der Waals surface area contributed by atoms with Crippen molar-refractivity contribution < 1.29 is 4.79 Å². The zero-order valence-corrected chi connectivity index (χ0v) is 14.2. The van der Waals surface area contributed by atoms with Crippen LogP contribution in [0.5, 0.6) is 0 Å². The van der Waals surface area contributed by atoms with Crippen molar-refractivity contribution in [2.24, 2.45) is 23.7 Å². The van der Waals surface area contributed by atoms with Crippen molar-refractivity contribution in [3.8, 4) is 0 Å². The molecule has 122 valence electrons. The number of hydrogen-bond acceptors (Lipinski definition) is 2. The molecule has 1 aliphatic heterocycles. The molecule has 3 heteroatoms. The summed E-state index contributed by atoms with van der Waals surface area (Å²) < 4.78 is 0. The third-order valence-corrected chi connectivity index (χ3v) is 5.67. The van der Waals surface area contributed by atoms with Gasteiger partial charge in [0.2, 0.25) is 5.91 Å². The molecule has 3 nitrogen and oxygen atoms in total. The monoisotopic (exact) mass is 294 g/mol. The third-order valence-electron chi connectivity index (χ3n) is 5.67. The fourth-order valence-electron chi connectivity index (χ4n) is 4.23. The van der Waals surface area contributed by atoms with Crippen molar-refractivity contribution in [2.45, 2.75) is 71.8 Å². The van der Waals surface area contributed by atoms with E-state index in [0.29, 0.717) is 36.1 Å². The third kappa shape index (κ3) is 4.98. The van der Waals surface area contributed by atoms with Crippen LogP contribution in [0, 0.1) is 23.7 Å². The van der Waals surface area contributed by atoms with Crippen LogP contribution in [0.3, 0.4) is 0 Å². The summed E-state index contributed by atoms with van der Waals surface area (Å²) in [7, 11) is 0. The van der Waals surface area contributed by atoms with Crippen molar-refractivity contribution in [3.05, 3.63) is 0 Å². The maximum atomic E-state index is 12.4. The van der Waals surface area contributed by atoms with Crippen LogP contribution >= 0.6 is 0 Å².